The molecule has 0 radical (unpaired) electrons. The first-order valence-electron chi connectivity index (χ1n) is 7.41. The molecule has 1 atom stereocenters. The topological polar surface area (TPSA) is 56.7 Å². The summed E-state index contributed by atoms with van der Waals surface area (Å²) in [6.45, 7) is 4.22. The van der Waals surface area contributed by atoms with E-state index in [4.69, 9.17) is 5.73 Å². The quantitative estimate of drug-likeness (QED) is 0.929. The summed E-state index contributed by atoms with van der Waals surface area (Å²) in [6, 6.07) is 7.00. The van der Waals surface area contributed by atoms with Crippen molar-refractivity contribution in [2.75, 3.05) is 0 Å². The summed E-state index contributed by atoms with van der Waals surface area (Å²) >= 11 is 0. The molecule has 4 heteroatoms. The Morgan fingerprint density at radius 3 is 2.85 bits per heavy atom. The smallest absolute Gasteiger partial charge is 0.138 e. The molecule has 0 saturated heterocycles. The van der Waals surface area contributed by atoms with Crippen LogP contribution in [0.5, 0.6) is 0 Å². The maximum atomic E-state index is 6.37. The van der Waals surface area contributed by atoms with Gasteiger partial charge in [-0.25, -0.2) is 9.67 Å². The van der Waals surface area contributed by atoms with Crippen molar-refractivity contribution >= 4 is 0 Å². The molecule has 1 unspecified atom stereocenters. The van der Waals surface area contributed by atoms with Gasteiger partial charge in [0.25, 0.3) is 0 Å². The number of hydrogen-bond acceptors (Lipinski definition) is 3. The highest BCUT2D eigenvalue weighted by Gasteiger charge is 2.16. The fraction of sp³-hybridized carbons (Fsp3) is 0.500. The summed E-state index contributed by atoms with van der Waals surface area (Å²) in [5, 5.41) is 4.27. The number of benzene rings is 1. The van der Waals surface area contributed by atoms with Crippen LogP contribution in [0.1, 0.15) is 54.9 Å². The van der Waals surface area contributed by atoms with Crippen molar-refractivity contribution in [2.45, 2.75) is 51.6 Å². The number of nitrogens with zero attached hydrogens (tertiary/aromatic N) is 3. The molecule has 20 heavy (non-hydrogen) atoms. The first-order chi connectivity index (χ1) is 9.65. The molecule has 1 aliphatic carbocycles. The molecule has 2 aromatic rings. The normalized spacial score (nSPS) is 15.6. The second-order valence-electron chi connectivity index (χ2n) is 5.91. The molecular formula is C16H22N4. The third-order valence-corrected chi connectivity index (χ3v) is 4.09. The zero-order valence-corrected chi connectivity index (χ0v) is 12.2. The third kappa shape index (κ3) is 2.48. The average molecular weight is 270 g/mol. The number of nitrogens with two attached hydrogens (primary N) is 1. The lowest BCUT2D eigenvalue weighted by Gasteiger charge is -2.15. The summed E-state index contributed by atoms with van der Waals surface area (Å²) in [5.74, 6) is 0.966. The zero-order valence-electron chi connectivity index (χ0n) is 12.2. The highest BCUT2D eigenvalue weighted by Crippen LogP contribution is 2.26. The van der Waals surface area contributed by atoms with Gasteiger partial charge in [0, 0.05) is 18.5 Å². The van der Waals surface area contributed by atoms with E-state index < -0.39 is 0 Å². The molecule has 2 N–H and O–H groups in total. The zero-order chi connectivity index (χ0) is 14.1. The van der Waals surface area contributed by atoms with Gasteiger partial charge in [0.05, 0.1) is 0 Å². The largest absolute Gasteiger partial charge is 0.324 e. The Hall–Kier alpha value is -1.68. The Kier molecular flexibility index (Phi) is 3.57. The molecule has 3 rings (SSSR count). The Balaban J connectivity index is 1.79. The van der Waals surface area contributed by atoms with Gasteiger partial charge in [0.15, 0.2) is 0 Å². The monoisotopic (exact) mass is 270 g/mol. The third-order valence-electron chi connectivity index (χ3n) is 4.09. The van der Waals surface area contributed by atoms with Gasteiger partial charge in [-0.05, 0) is 49.8 Å². The number of fused-ring (bicyclic) bond motifs is 1. The Morgan fingerprint density at radius 2 is 2.05 bits per heavy atom. The van der Waals surface area contributed by atoms with Crippen LogP contribution in [-0.4, -0.2) is 14.8 Å². The predicted octanol–water partition coefficient (Wildman–Crippen LogP) is 2.59. The van der Waals surface area contributed by atoms with Crippen LogP contribution in [0.4, 0.5) is 0 Å². The van der Waals surface area contributed by atoms with Crippen molar-refractivity contribution in [3.8, 4) is 0 Å². The van der Waals surface area contributed by atoms with Crippen LogP contribution in [0.25, 0.3) is 0 Å². The van der Waals surface area contributed by atoms with Gasteiger partial charge in [0.2, 0.25) is 0 Å². The van der Waals surface area contributed by atoms with Gasteiger partial charge in [0.1, 0.15) is 12.2 Å². The lowest BCUT2D eigenvalue weighted by Crippen LogP contribution is -2.18. The lowest BCUT2D eigenvalue weighted by molar-refractivity contribution is 0.493. The molecule has 0 bridgehead atoms. The second kappa shape index (κ2) is 5.37. The molecule has 1 aromatic carbocycles. The predicted molar refractivity (Wildman–Crippen MR) is 79.5 cm³/mol. The molecule has 0 amide bonds. The van der Waals surface area contributed by atoms with E-state index >= 15 is 0 Å². The highest BCUT2D eigenvalue weighted by atomic mass is 15.3. The molecule has 0 spiro atoms. The van der Waals surface area contributed by atoms with E-state index in [1.54, 1.807) is 6.33 Å². The Labute approximate surface area is 120 Å². The van der Waals surface area contributed by atoms with E-state index in [0.717, 1.165) is 12.2 Å². The maximum absolute atomic E-state index is 6.37. The van der Waals surface area contributed by atoms with Gasteiger partial charge in [-0.2, -0.15) is 5.10 Å². The minimum absolute atomic E-state index is 0.0115. The van der Waals surface area contributed by atoms with Crippen LogP contribution in [0.3, 0.4) is 0 Å². The van der Waals surface area contributed by atoms with Crippen LogP contribution in [-0.2, 0) is 19.3 Å². The minimum Gasteiger partial charge on any atom is -0.324 e. The fourth-order valence-corrected chi connectivity index (χ4v) is 2.99. The molecular weight excluding hydrogens is 248 g/mol. The van der Waals surface area contributed by atoms with E-state index in [9.17, 15) is 0 Å². The molecule has 0 saturated carbocycles. The standard InChI is InChI=1S/C16H22N4/c1-11(2)20-16(18-10-19-20)9-15(17)14-7-6-12-4-3-5-13(12)8-14/h6-8,10-11,15H,3-5,9,17H2,1-2H3. The van der Waals surface area contributed by atoms with Crippen molar-refractivity contribution in [1.82, 2.24) is 14.8 Å². The van der Waals surface area contributed by atoms with E-state index in [0.29, 0.717) is 6.04 Å². The van der Waals surface area contributed by atoms with Crippen molar-refractivity contribution in [3.63, 3.8) is 0 Å². The van der Waals surface area contributed by atoms with E-state index in [1.165, 1.54) is 36.0 Å². The van der Waals surface area contributed by atoms with Crippen LogP contribution in [0.15, 0.2) is 24.5 Å². The van der Waals surface area contributed by atoms with Crippen molar-refractivity contribution in [3.05, 3.63) is 47.0 Å². The molecule has 4 nitrogen and oxygen atoms in total. The van der Waals surface area contributed by atoms with Gasteiger partial charge in [-0.1, -0.05) is 18.2 Å². The average Bonchev–Trinajstić information content (AvgIpc) is 3.05. The van der Waals surface area contributed by atoms with Gasteiger partial charge < -0.3 is 5.73 Å². The molecule has 106 valence electrons. The SMILES string of the molecule is CC(C)n1ncnc1CC(N)c1ccc2c(c1)CCC2. The first kappa shape index (κ1) is 13.3. The minimum atomic E-state index is -0.0115. The van der Waals surface area contributed by atoms with Crippen molar-refractivity contribution in [2.24, 2.45) is 5.73 Å². The molecule has 0 aliphatic heterocycles. The summed E-state index contributed by atoms with van der Waals surface area (Å²) in [4.78, 5) is 4.35. The van der Waals surface area contributed by atoms with Gasteiger partial charge in [-0.3, -0.25) is 0 Å². The number of aryl methyl sites for hydroxylation is 2. The summed E-state index contributed by atoms with van der Waals surface area (Å²) in [5.41, 5.74) is 10.5. The lowest BCUT2D eigenvalue weighted by atomic mass is 9.99. The Bertz CT molecular complexity index is 600. The summed E-state index contributed by atoms with van der Waals surface area (Å²) in [6.07, 6.45) is 6.03. The van der Waals surface area contributed by atoms with Crippen molar-refractivity contribution < 1.29 is 0 Å². The summed E-state index contributed by atoms with van der Waals surface area (Å²) in [7, 11) is 0. The van der Waals surface area contributed by atoms with E-state index in [1.807, 2.05) is 4.68 Å². The maximum Gasteiger partial charge on any atom is 0.138 e. The number of rotatable bonds is 4. The summed E-state index contributed by atoms with van der Waals surface area (Å²) < 4.78 is 1.95. The van der Waals surface area contributed by atoms with E-state index in [2.05, 4.69) is 42.1 Å². The van der Waals surface area contributed by atoms with Gasteiger partial charge in [-0.15, -0.1) is 0 Å². The molecule has 1 heterocycles. The number of aromatic nitrogens is 3. The Morgan fingerprint density at radius 1 is 1.25 bits per heavy atom. The van der Waals surface area contributed by atoms with Gasteiger partial charge >= 0.3 is 0 Å². The van der Waals surface area contributed by atoms with E-state index in [-0.39, 0.29) is 6.04 Å². The molecule has 1 aliphatic rings. The van der Waals surface area contributed by atoms with Crippen molar-refractivity contribution in [1.29, 1.82) is 0 Å². The van der Waals surface area contributed by atoms with Crippen LogP contribution < -0.4 is 5.73 Å². The molecule has 0 fully saturated rings. The fourth-order valence-electron chi connectivity index (χ4n) is 2.99. The van der Waals surface area contributed by atoms with Crippen LogP contribution in [0.2, 0.25) is 0 Å². The second-order valence-corrected chi connectivity index (χ2v) is 5.91. The molecule has 1 aromatic heterocycles. The highest BCUT2D eigenvalue weighted by molar-refractivity contribution is 5.36. The van der Waals surface area contributed by atoms with Crippen LogP contribution >= 0.6 is 0 Å². The number of hydrogen-bond donors (Lipinski definition) is 1. The first-order valence-corrected chi connectivity index (χ1v) is 7.41. The van der Waals surface area contributed by atoms with Crippen LogP contribution in [0, 0.1) is 0 Å².